The van der Waals surface area contributed by atoms with Gasteiger partial charge in [-0.15, -0.1) is 0 Å². The summed E-state index contributed by atoms with van der Waals surface area (Å²) in [7, 11) is 5.70. The predicted octanol–water partition coefficient (Wildman–Crippen LogP) is -0.524. The van der Waals surface area contributed by atoms with Gasteiger partial charge in [0.05, 0.1) is 10.9 Å². The zero-order chi connectivity index (χ0) is 15.1. The Labute approximate surface area is 121 Å². The summed E-state index contributed by atoms with van der Waals surface area (Å²) in [6, 6.07) is 4.18. The first kappa shape index (κ1) is 13.5. The summed E-state index contributed by atoms with van der Waals surface area (Å²) < 4.78 is 1.34. The Morgan fingerprint density at radius 1 is 1.33 bits per heavy atom. The number of carbonyl (C=O) groups excluding carboxylic acids is 2. The van der Waals surface area contributed by atoms with Crippen LogP contribution in [0, 0.1) is 6.92 Å². The van der Waals surface area contributed by atoms with Gasteiger partial charge in [-0.3, -0.25) is 24.3 Å². The van der Waals surface area contributed by atoms with Crippen LogP contribution in [0.15, 0.2) is 23.0 Å². The molecule has 1 aromatic carbocycles. The Morgan fingerprint density at radius 2 is 2.10 bits per heavy atom. The van der Waals surface area contributed by atoms with Gasteiger partial charge in [-0.05, 0) is 19.4 Å². The Bertz CT molecular complexity index is 828. The summed E-state index contributed by atoms with van der Waals surface area (Å²) in [6.07, 6.45) is 0.498. The van der Waals surface area contributed by atoms with Gasteiger partial charge in [-0.1, -0.05) is 17.6 Å². The number of amides is 2. The summed E-state index contributed by atoms with van der Waals surface area (Å²) >= 11 is 0. The van der Waals surface area contributed by atoms with Crippen molar-refractivity contribution in [3.63, 3.8) is 0 Å². The topological polar surface area (TPSA) is 81.1 Å². The van der Waals surface area contributed by atoms with Gasteiger partial charge in [0.1, 0.15) is 19.7 Å². The Morgan fingerprint density at radius 3 is 2.81 bits per heavy atom. The molecule has 2 aromatic rings. The number of rotatable bonds is 1. The number of hydrogen-bond acceptors (Lipinski definition) is 4. The van der Waals surface area contributed by atoms with Crippen LogP contribution in [0.5, 0.6) is 0 Å². The number of aryl methyl sites for hydroxylation is 1. The van der Waals surface area contributed by atoms with E-state index in [1.807, 2.05) is 0 Å². The summed E-state index contributed by atoms with van der Waals surface area (Å²) in [6.45, 7) is 1.67. The molecule has 1 atom stereocenters. The van der Waals surface area contributed by atoms with Crippen molar-refractivity contribution in [3.05, 3.63) is 34.4 Å². The van der Waals surface area contributed by atoms with E-state index in [2.05, 4.69) is 10.3 Å². The number of carbonyl (C=O) groups is 2. The van der Waals surface area contributed by atoms with Crippen LogP contribution >= 0.6 is 0 Å². The lowest BCUT2D eigenvalue weighted by atomic mass is 9.95. The number of fused-ring (bicyclic) bond motifs is 1. The molecular formula is C14H12BN3O3. The Hall–Kier alpha value is -2.44. The van der Waals surface area contributed by atoms with Crippen molar-refractivity contribution in [2.45, 2.75) is 25.8 Å². The average Bonchev–Trinajstić information content (AvgIpc) is 2.42. The normalized spacial score (nSPS) is 18.8. The number of imide groups is 1. The minimum atomic E-state index is -0.714. The molecule has 2 radical (unpaired) electrons. The molecule has 1 aromatic heterocycles. The van der Waals surface area contributed by atoms with Gasteiger partial charge in [0.2, 0.25) is 11.8 Å². The second kappa shape index (κ2) is 4.84. The van der Waals surface area contributed by atoms with E-state index in [0.29, 0.717) is 28.6 Å². The van der Waals surface area contributed by atoms with E-state index in [-0.39, 0.29) is 17.9 Å². The number of nitrogens with zero attached hydrogens (tertiary/aromatic N) is 2. The highest BCUT2D eigenvalue weighted by Gasteiger charge is 2.30. The van der Waals surface area contributed by atoms with Gasteiger partial charge in [-0.25, -0.2) is 4.98 Å². The maximum atomic E-state index is 12.6. The molecule has 0 saturated carbocycles. The number of aromatic nitrogens is 2. The predicted molar refractivity (Wildman–Crippen MR) is 77.5 cm³/mol. The van der Waals surface area contributed by atoms with E-state index in [1.54, 1.807) is 25.1 Å². The lowest BCUT2D eigenvalue weighted by Crippen LogP contribution is -2.45. The van der Waals surface area contributed by atoms with Crippen LogP contribution < -0.4 is 16.3 Å². The molecule has 1 fully saturated rings. The number of hydrogen-bond donors (Lipinski definition) is 1. The monoisotopic (exact) mass is 281 g/mol. The highest BCUT2D eigenvalue weighted by atomic mass is 16.2. The van der Waals surface area contributed by atoms with Crippen molar-refractivity contribution in [3.8, 4) is 0 Å². The van der Waals surface area contributed by atoms with Crippen LogP contribution in [0.4, 0.5) is 0 Å². The SMILES string of the molecule is [B]c1ccc2nc(C)n(C3CCC(=O)NC3=O)c(=O)c2c1. The second-order valence-corrected chi connectivity index (χ2v) is 5.08. The summed E-state index contributed by atoms with van der Waals surface area (Å²) in [4.78, 5) is 40.2. The quantitative estimate of drug-likeness (QED) is 0.563. The maximum absolute atomic E-state index is 12.6. The molecule has 2 amide bonds. The molecule has 1 N–H and O–H groups in total. The summed E-state index contributed by atoms with van der Waals surface area (Å²) in [5, 5.41) is 2.62. The molecule has 6 nitrogen and oxygen atoms in total. The highest BCUT2D eigenvalue weighted by molar-refractivity contribution is 6.33. The number of nitrogens with one attached hydrogen (secondary N) is 1. The highest BCUT2D eigenvalue weighted by Crippen LogP contribution is 2.19. The molecule has 0 aliphatic carbocycles. The number of piperidine rings is 1. The van der Waals surface area contributed by atoms with Crippen molar-refractivity contribution in [1.82, 2.24) is 14.9 Å². The van der Waals surface area contributed by atoms with Crippen LogP contribution in [-0.2, 0) is 9.59 Å². The second-order valence-electron chi connectivity index (χ2n) is 5.08. The lowest BCUT2D eigenvalue weighted by Gasteiger charge is -2.24. The van der Waals surface area contributed by atoms with E-state index >= 15 is 0 Å². The van der Waals surface area contributed by atoms with Crippen LogP contribution in [0.2, 0.25) is 0 Å². The summed E-state index contributed by atoms with van der Waals surface area (Å²) in [5.74, 6) is -0.354. The van der Waals surface area contributed by atoms with Gasteiger partial charge in [-0.2, -0.15) is 0 Å². The largest absolute Gasteiger partial charge is 0.295 e. The molecule has 0 spiro atoms. The van der Waals surface area contributed by atoms with E-state index in [4.69, 9.17) is 7.85 Å². The zero-order valence-corrected chi connectivity index (χ0v) is 11.4. The maximum Gasteiger partial charge on any atom is 0.262 e. The van der Waals surface area contributed by atoms with E-state index in [0.717, 1.165) is 0 Å². The fourth-order valence-electron chi connectivity index (χ4n) is 2.62. The third-order valence-electron chi connectivity index (χ3n) is 3.62. The van der Waals surface area contributed by atoms with Crippen LogP contribution in [0.3, 0.4) is 0 Å². The molecule has 0 bridgehead atoms. The molecule has 3 rings (SSSR count). The fourth-order valence-corrected chi connectivity index (χ4v) is 2.62. The minimum Gasteiger partial charge on any atom is -0.295 e. The Kier molecular flexibility index (Phi) is 3.12. The molecule has 1 aliphatic heterocycles. The zero-order valence-electron chi connectivity index (χ0n) is 11.4. The van der Waals surface area contributed by atoms with Crippen LogP contribution in [0.1, 0.15) is 24.7 Å². The molecule has 1 aliphatic rings. The standard InChI is InChI=1S/C14H12BN3O3/c1-7-16-10-3-2-8(15)6-9(10)14(21)18(7)11-4-5-12(19)17-13(11)20/h2-3,6,11H,4-5H2,1H3,(H,17,19,20). The molecule has 1 unspecified atom stereocenters. The average molecular weight is 281 g/mol. The van der Waals surface area contributed by atoms with Crippen molar-refractivity contribution < 1.29 is 9.59 Å². The van der Waals surface area contributed by atoms with Gasteiger partial charge < -0.3 is 0 Å². The van der Waals surface area contributed by atoms with E-state index in [1.165, 1.54) is 4.57 Å². The van der Waals surface area contributed by atoms with Gasteiger partial charge in [0.25, 0.3) is 5.56 Å². The third-order valence-corrected chi connectivity index (χ3v) is 3.62. The van der Waals surface area contributed by atoms with Crippen LogP contribution in [0.25, 0.3) is 10.9 Å². The van der Waals surface area contributed by atoms with Crippen molar-refractivity contribution in [1.29, 1.82) is 0 Å². The van der Waals surface area contributed by atoms with Gasteiger partial charge >= 0.3 is 0 Å². The molecule has 1 saturated heterocycles. The van der Waals surface area contributed by atoms with E-state index < -0.39 is 11.9 Å². The van der Waals surface area contributed by atoms with E-state index in [9.17, 15) is 14.4 Å². The number of benzene rings is 1. The van der Waals surface area contributed by atoms with Gasteiger partial charge in [0, 0.05) is 6.42 Å². The molecule has 104 valence electrons. The Balaban J connectivity index is 2.21. The molecule has 21 heavy (non-hydrogen) atoms. The van der Waals surface area contributed by atoms with Crippen LogP contribution in [-0.4, -0.2) is 29.2 Å². The van der Waals surface area contributed by atoms with Crippen molar-refractivity contribution in [2.24, 2.45) is 0 Å². The fraction of sp³-hybridized carbons (Fsp3) is 0.286. The lowest BCUT2D eigenvalue weighted by molar-refractivity contribution is -0.135. The minimum absolute atomic E-state index is 0.206. The third kappa shape index (κ3) is 2.24. The first-order chi connectivity index (χ1) is 9.97. The molecule has 7 heteroatoms. The first-order valence-electron chi connectivity index (χ1n) is 6.59. The summed E-state index contributed by atoms with van der Waals surface area (Å²) in [5.41, 5.74) is 0.676. The molecule has 2 heterocycles. The van der Waals surface area contributed by atoms with Crippen molar-refractivity contribution in [2.75, 3.05) is 0 Å². The van der Waals surface area contributed by atoms with Gasteiger partial charge in [0.15, 0.2) is 0 Å². The smallest absolute Gasteiger partial charge is 0.262 e. The van der Waals surface area contributed by atoms with Crippen molar-refractivity contribution >= 4 is 36.0 Å². The molecular weight excluding hydrogens is 269 g/mol. The first-order valence-corrected chi connectivity index (χ1v) is 6.59.